The maximum Gasteiger partial charge on any atom is 0.270 e. The summed E-state index contributed by atoms with van der Waals surface area (Å²) in [5.41, 5.74) is 4.44. The molecule has 0 saturated heterocycles. The lowest BCUT2D eigenvalue weighted by atomic mass is 10.1. The first-order valence-corrected chi connectivity index (χ1v) is 9.41. The van der Waals surface area contributed by atoms with E-state index in [2.05, 4.69) is 26.2 Å². The smallest absolute Gasteiger partial charge is 0.270 e. The van der Waals surface area contributed by atoms with E-state index in [-0.39, 0.29) is 5.91 Å². The molecule has 1 aromatic carbocycles. The Balaban J connectivity index is 1.76. The molecule has 6 heteroatoms. The number of hydrogen-bond donors (Lipinski definition) is 1. The molecule has 0 aliphatic heterocycles. The van der Waals surface area contributed by atoms with Crippen LogP contribution >= 0.6 is 15.9 Å². The summed E-state index contributed by atoms with van der Waals surface area (Å²) in [4.78, 5) is 17.5. The molecule has 0 spiro atoms. The SMILES string of the molecule is CCc1nc2c(C)cc(Br)cn2c1C(=O)NCCc1ccc(OC)cc1. The largest absolute Gasteiger partial charge is 0.497 e. The summed E-state index contributed by atoms with van der Waals surface area (Å²) in [6, 6.07) is 9.88. The fraction of sp³-hybridized carbons (Fsp3) is 0.300. The second-order valence-electron chi connectivity index (χ2n) is 6.15. The Bertz CT molecular complexity index is 932. The molecule has 5 nitrogen and oxygen atoms in total. The second-order valence-corrected chi connectivity index (χ2v) is 7.07. The molecule has 0 radical (unpaired) electrons. The number of aromatic nitrogens is 2. The Morgan fingerprint density at radius 1 is 1.31 bits per heavy atom. The zero-order valence-electron chi connectivity index (χ0n) is 15.2. The molecule has 3 rings (SSSR count). The van der Waals surface area contributed by atoms with E-state index in [0.29, 0.717) is 18.7 Å². The number of carbonyl (C=O) groups excluding carboxylic acids is 1. The lowest BCUT2D eigenvalue weighted by Crippen LogP contribution is -2.27. The average molecular weight is 416 g/mol. The number of pyridine rings is 1. The molecule has 2 aromatic heterocycles. The minimum Gasteiger partial charge on any atom is -0.497 e. The topological polar surface area (TPSA) is 55.6 Å². The summed E-state index contributed by atoms with van der Waals surface area (Å²) in [5.74, 6) is 0.734. The van der Waals surface area contributed by atoms with Crippen LogP contribution < -0.4 is 10.1 Å². The number of nitrogens with one attached hydrogen (secondary N) is 1. The quantitative estimate of drug-likeness (QED) is 0.662. The van der Waals surface area contributed by atoms with Gasteiger partial charge in [-0.2, -0.15) is 0 Å². The van der Waals surface area contributed by atoms with E-state index in [1.807, 2.05) is 54.8 Å². The minimum absolute atomic E-state index is 0.0969. The fourth-order valence-electron chi connectivity index (χ4n) is 3.00. The van der Waals surface area contributed by atoms with Crippen LogP contribution in [0.25, 0.3) is 5.65 Å². The average Bonchev–Trinajstić information content (AvgIpc) is 3.01. The van der Waals surface area contributed by atoms with Crippen molar-refractivity contribution in [1.82, 2.24) is 14.7 Å². The zero-order chi connectivity index (χ0) is 18.7. The molecule has 2 heterocycles. The molecule has 1 N–H and O–H groups in total. The summed E-state index contributed by atoms with van der Waals surface area (Å²) in [6.45, 7) is 4.58. The van der Waals surface area contributed by atoms with Crippen LogP contribution in [0.15, 0.2) is 41.0 Å². The van der Waals surface area contributed by atoms with Crippen molar-refractivity contribution in [2.45, 2.75) is 26.7 Å². The predicted molar refractivity (Wildman–Crippen MR) is 106 cm³/mol. The van der Waals surface area contributed by atoms with Crippen molar-refractivity contribution < 1.29 is 9.53 Å². The molecule has 0 aliphatic carbocycles. The molecule has 0 fully saturated rings. The van der Waals surface area contributed by atoms with Crippen molar-refractivity contribution >= 4 is 27.5 Å². The number of amides is 1. The molecule has 0 aliphatic rings. The summed E-state index contributed by atoms with van der Waals surface area (Å²) in [6.07, 6.45) is 3.36. The van der Waals surface area contributed by atoms with Gasteiger partial charge in [0.15, 0.2) is 0 Å². The van der Waals surface area contributed by atoms with E-state index >= 15 is 0 Å². The van der Waals surface area contributed by atoms with Crippen LogP contribution in [0.5, 0.6) is 5.75 Å². The standard InChI is InChI=1S/C20H22BrN3O2/c1-4-17-18(24-12-15(21)11-13(2)19(24)23-17)20(25)22-10-9-14-5-7-16(26-3)8-6-14/h5-8,11-12H,4,9-10H2,1-3H3,(H,22,25). The Morgan fingerprint density at radius 3 is 2.69 bits per heavy atom. The van der Waals surface area contributed by atoms with Gasteiger partial charge in [0.05, 0.1) is 12.8 Å². The summed E-state index contributed by atoms with van der Waals surface area (Å²) in [5, 5.41) is 3.02. The van der Waals surface area contributed by atoms with Gasteiger partial charge in [-0.15, -0.1) is 0 Å². The molecule has 0 saturated carbocycles. The molecular formula is C20H22BrN3O2. The van der Waals surface area contributed by atoms with Crippen molar-refractivity contribution in [2.75, 3.05) is 13.7 Å². The number of ether oxygens (including phenoxy) is 1. The van der Waals surface area contributed by atoms with E-state index in [0.717, 1.165) is 39.1 Å². The highest BCUT2D eigenvalue weighted by Gasteiger charge is 2.19. The maximum atomic E-state index is 12.8. The van der Waals surface area contributed by atoms with Gasteiger partial charge in [-0.25, -0.2) is 4.98 Å². The van der Waals surface area contributed by atoms with E-state index in [4.69, 9.17) is 4.74 Å². The van der Waals surface area contributed by atoms with Gasteiger partial charge < -0.3 is 10.1 Å². The van der Waals surface area contributed by atoms with E-state index in [9.17, 15) is 4.79 Å². The van der Waals surface area contributed by atoms with Gasteiger partial charge in [0.25, 0.3) is 5.91 Å². The number of imidazole rings is 1. The van der Waals surface area contributed by atoms with Crippen LogP contribution in [0.4, 0.5) is 0 Å². The van der Waals surface area contributed by atoms with Crippen molar-refractivity contribution in [2.24, 2.45) is 0 Å². The number of rotatable bonds is 6. The normalized spacial score (nSPS) is 10.9. The van der Waals surface area contributed by atoms with Crippen LogP contribution in [0, 0.1) is 6.92 Å². The lowest BCUT2D eigenvalue weighted by molar-refractivity contribution is 0.0947. The Hall–Kier alpha value is -2.34. The predicted octanol–water partition coefficient (Wildman–Crippen LogP) is 3.95. The zero-order valence-corrected chi connectivity index (χ0v) is 16.8. The van der Waals surface area contributed by atoms with Gasteiger partial charge >= 0.3 is 0 Å². The van der Waals surface area contributed by atoms with Crippen LogP contribution in [-0.4, -0.2) is 28.9 Å². The number of aryl methyl sites for hydroxylation is 2. The number of fused-ring (bicyclic) bond motifs is 1. The van der Waals surface area contributed by atoms with Crippen molar-refractivity contribution in [3.05, 3.63) is 63.5 Å². The van der Waals surface area contributed by atoms with E-state index in [1.54, 1.807) is 7.11 Å². The van der Waals surface area contributed by atoms with Gasteiger partial charge in [-0.05, 0) is 65.0 Å². The van der Waals surface area contributed by atoms with Crippen LogP contribution in [0.3, 0.4) is 0 Å². The highest BCUT2D eigenvalue weighted by atomic mass is 79.9. The molecule has 0 bridgehead atoms. The summed E-state index contributed by atoms with van der Waals surface area (Å²) in [7, 11) is 1.65. The monoisotopic (exact) mass is 415 g/mol. The number of benzene rings is 1. The van der Waals surface area contributed by atoms with E-state index in [1.165, 1.54) is 0 Å². The molecule has 136 valence electrons. The lowest BCUT2D eigenvalue weighted by Gasteiger charge is -2.08. The minimum atomic E-state index is -0.0969. The van der Waals surface area contributed by atoms with Crippen molar-refractivity contribution in [3.63, 3.8) is 0 Å². The number of carbonyl (C=O) groups is 1. The number of hydrogen-bond acceptors (Lipinski definition) is 3. The van der Waals surface area contributed by atoms with Gasteiger partial charge in [-0.1, -0.05) is 19.1 Å². The molecule has 26 heavy (non-hydrogen) atoms. The molecule has 0 atom stereocenters. The van der Waals surface area contributed by atoms with Crippen LogP contribution in [0.1, 0.15) is 34.2 Å². The Morgan fingerprint density at radius 2 is 2.04 bits per heavy atom. The molecule has 3 aromatic rings. The Labute approximate surface area is 161 Å². The third kappa shape index (κ3) is 3.75. The fourth-order valence-corrected chi connectivity index (χ4v) is 3.55. The van der Waals surface area contributed by atoms with E-state index < -0.39 is 0 Å². The van der Waals surface area contributed by atoms with Gasteiger partial charge in [0.2, 0.25) is 0 Å². The van der Waals surface area contributed by atoms with Crippen LogP contribution in [-0.2, 0) is 12.8 Å². The Kier molecular flexibility index (Phi) is 5.61. The molecule has 1 amide bonds. The van der Waals surface area contributed by atoms with Gasteiger partial charge in [0.1, 0.15) is 17.1 Å². The maximum absolute atomic E-state index is 12.8. The second kappa shape index (κ2) is 7.91. The molecular weight excluding hydrogens is 394 g/mol. The third-order valence-electron chi connectivity index (χ3n) is 4.35. The highest BCUT2D eigenvalue weighted by molar-refractivity contribution is 9.10. The summed E-state index contributed by atoms with van der Waals surface area (Å²) < 4.78 is 7.96. The van der Waals surface area contributed by atoms with Crippen LogP contribution in [0.2, 0.25) is 0 Å². The molecule has 0 unspecified atom stereocenters. The van der Waals surface area contributed by atoms with Crippen molar-refractivity contribution in [3.8, 4) is 5.75 Å². The van der Waals surface area contributed by atoms with Gasteiger partial charge in [0, 0.05) is 17.2 Å². The first-order chi connectivity index (χ1) is 12.5. The first-order valence-electron chi connectivity index (χ1n) is 8.61. The highest BCUT2D eigenvalue weighted by Crippen LogP contribution is 2.21. The third-order valence-corrected chi connectivity index (χ3v) is 4.78. The van der Waals surface area contributed by atoms with Gasteiger partial charge in [-0.3, -0.25) is 9.20 Å². The number of halogens is 1. The number of nitrogens with zero attached hydrogens (tertiary/aromatic N) is 2. The van der Waals surface area contributed by atoms with Crippen molar-refractivity contribution in [1.29, 1.82) is 0 Å². The first kappa shape index (κ1) is 18.5. The number of methoxy groups -OCH3 is 1. The summed E-state index contributed by atoms with van der Waals surface area (Å²) >= 11 is 3.50.